The SMILES string of the molecule is [O-]C(c1ccc(F)cc1)C([O-])c1ccc(F)cc1. The molecule has 2 unspecified atom stereocenters. The molecule has 94 valence electrons. The quantitative estimate of drug-likeness (QED) is 0.825. The van der Waals surface area contributed by atoms with Gasteiger partial charge in [-0.2, -0.15) is 0 Å². The van der Waals surface area contributed by atoms with Crippen molar-refractivity contribution in [2.45, 2.75) is 12.2 Å². The largest absolute Gasteiger partial charge is 0.849 e. The molecule has 0 bridgehead atoms. The lowest BCUT2D eigenvalue weighted by atomic mass is 9.98. The summed E-state index contributed by atoms with van der Waals surface area (Å²) in [5.41, 5.74) is 0.446. The first-order valence-corrected chi connectivity index (χ1v) is 5.40. The van der Waals surface area contributed by atoms with Gasteiger partial charge in [0.1, 0.15) is 11.6 Å². The van der Waals surface area contributed by atoms with Crippen LogP contribution < -0.4 is 10.2 Å². The van der Waals surface area contributed by atoms with E-state index in [9.17, 15) is 19.0 Å². The van der Waals surface area contributed by atoms with E-state index in [1.54, 1.807) is 0 Å². The van der Waals surface area contributed by atoms with Crippen LogP contribution in [0.5, 0.6) is 0 Å². The summed E-state index contributed by atoms with van der Waals surface area (Å²) in [6, 6.07) is 9.72. The van der Waals surface area contributed by atoms with Crippen molar-refractivity contribution in [1.82, 2.24) is 0 Å². The Balaban J connectivity index is 2.20. The summed E-state index contributed by atoms with van der Waals surface area (Å²) >= 11 is 0. The van der Waals surface area contributed by atoms with Crippen LogP contribution in [0.15, 0.2) is 48.5 Å². The van der Waals surface area contributed by atoms with Gasteiger partial charge in [0.25, 0.3) is 0 Å². The minimum atomic E-state index is -1.55. The maximum absolute atomic E-state index is 12.7. The average Bonchev–Trinajstić information content (AvgIpc) is 2.39. The van der Waals surface area contributed by atoms with E-state index in [1.807, 2.05) is 0 Å². The van der Waals surface area contributed by atoms with Gasteiger partial charge in [-0.05, 0) is 24.3 Å². The zero-order valence-electron chi connectivity index (χ0n) is 9.35. The Morgan fingerprint density at radius 1 is 0.611 bits per heavy atom. The van der Waals surface area contributed by atoms with Gasteiger partial charge in [-0.25, -0.2) is 8.78 Å². The standard InChI is InChI=1S/C14H10F2O2/c15-11-5-1-9(2-6-11)13(17)14(18)10-3-7-12(16)8-4-10/h1-8,13-14H/q-2. The molecule has 2 rings (SSSR count). The van der Waals surface area contributed by atoms with Gasteiger partial charge in [0.15, 0.2) is 0 Å². The van der Waals surface area contributed by atoms with E-state index in [0.717, 1.165) is 24.3 Å². The highest BCUT2D eigenvalue weighted by Gasteiger charge is 2.06. The second kappa shape index (κ2) is 5.25. The minimum Gasteiger partial charge on any atom is -0.849 e. The van der Waals surface area contributed by atoms with Gasteiger partial charge in [-0.1, -0.05) is 35.4 Å². The first-order chi connectivity index (χ1) is 8.58. The summed E-state index contributed by atoms with van der Waals surface area (Å²) in [7, 11) is 0. The highest BCUT2D eigenvalue weighted by Crippen LogP contribution is 2.24. The van der Waals surface area contributed by atoms with Crippen LogP contribution in [0, 0.1) is 11.6 Å². The van der Waals surface area contributed by atoms with Crippen molar-refractivity contribution < 1.29 is 19.0 Å². The van der Waals surface area contributed by atoms with Crippen molar-refractivity contribution in [2.24, 2.45) is 0 Å². The lowest BCUT2D eigenvalue weighted by Crippen LogP contribution is -2.32. The summed E-state index contributed by atoms with van der Waals surface area (Å²) in [6.07, 6.45) is -3.09. The van der Waals surface area contributed by atoms with Crippen molar-refractivity contribution in [3.63, 3.8) is 0 Å². The fraction of sp³-hybridized carbons (Fsp3) is 0.143. The second-order valence-electron chi connectivity index (χ2n) is 3.94. The number of halogens is 2. The molecule has 0 heterocycles. The van der Waals surface area contributed by atoms with Crippen LogP contribution in [0.3, 0.4) is 0 Å². The molecule has 0 radical (unpaired) electrons. The van der Waals surface area contributed by atoms with Crippen LogP contribution in [-0.4, -0.2) is 0 Å². The molecule has 0 saturated carbocycles. The molecule has 0 saturated heterocycles. The van der Waals surface area contributed by atoms with Crippen LogP contribution in [-0.2, 0) is 0 Å². The molecular formula is C14H10F2O2-2. The number of hydrogen-bond donors (Lipinski definition) is 0. The zero-order valence-corrected chi connectivity index (χ0v) is 9.35. The number of hydrogen-bond acceptors (Lipinski definition) is 2. The van der Waals surface area contributed by atoms with E-state index in [1.165, 1.54) is 24.3 Å². The van der Waals surface area contributed by atoms with E-state index in [-0.39, 0.29) is 11.1 Å². The first kappa shape index (κ1) is 12.7. The topological polar surface area (TPSA) is 46.1 Å². The lowest BCUT2D eigenvalue weighted by Gasteiger charge is -2.38. The predicted molar refractivity (Wildman–Crippen MR) is 58.3 cm³/mol. The van der Waals surface area contributed by atoms with E-state index >= 15 is 0 Å². The molecule has 4 heteroatoms. The van der Waals surface area contributed by atoms with Crippen molar-refractivity contribution in [2.75, 3.05) is 0 Å². The minimum absolute atomic E-state index is 0.223. The van der Waals surface area contributed by atoms with Gasteiger partial charge in [0.2, 0.25) is 0 Å². The van der Waals surface area contributed by atoms with Crippen LogP contribution >= 0.6 is 0 Å². The monoisotopic (exact) mass is 248 g/mol. The average molecular weight is 248 g/mol. The molecular weight excluding hydrogens is 238 g/mol. The molecule has 0 N–H and O–H groups in total. The third-order valence-electron chi connectivity index (χ3n) is 2.67. The van der Waals surface area contributed by atoms with Crippen LogP contribution in [0.4, 0.5) is 8.78 Å². The molecule has 18 heavy (non-hydrogen) atoms. The van der Waals surface area contributed by atoms with E-state index in [2.05, 4.69) is 0 Å². The third-order valence-corrected chi connectivity index (χ3v) is 2.67. The maximum atomic E-state index is 12.7. The molecule has 2 aromatic rings. The maximum Gasteiger partial charge on any atom is 0.123 e. The van der Waals surface area contributed by atoms with Gasteiger partial charge in [-0.3, -0.25) is 0 Å². The molecule has 0 amide bonds. The molecule has 0 aromatic heterocycles. The van der Waals surface area contributed by atoms with Crippen molar-refractivity contribution >= 4 is 0 Å². The Labute approximate surface area is 103 Å². The van der Waals surface area contributed by atoms with Gasteiger partial charge >= 0.3 is 0 Å². The summed E-state index contributed by atoms with van der Waals surface area (Å²) in [4.78, 5) is 0. The van der Waals surface area contributed by atoms with Gasteiger partial charge in [-0.15, -0.1) is 12.2 Å². The van der Waals surface area contributed by atoms with E-state index in [4.69, 9.17) is 0 Å². The van der Waals surface area contributed by atoms with Crippen LogP contribution in [0.25, 0.3) is 0 Å². The smallest absolute Gasteiger partial charge is 0.123 e. The Kier molecular flexibility index (Phi) is 3.69. The third kappa shape index (κ3) is 2.72. The highest BCUT2D eigenvalue weighted by molar-refractivity contribution is 5.24. The fourth-order valence-corrected chi connectivity index (χ4v) is 1.65. The normalized spacial score (nSPS) is 14.2. The molecule has 0 aliphatic carbocycles. The zero-order chi connectivity index (χ0) is 13.1. The number of benzene rings is 2. The second-order valence-corrected chi connectivity index (χ2v) is 3.94. The Hall–Kier alpha value is -1.78. The Bertz CT molecular complexity index is 459. The summed E-state index contributed by atoms with van der Waals surface area (Å²) in [6.45, 7) is 0. The summed E-state index contributed by atoms with van der Waals surface area (Å²) < 4.78 is 25.4. The van der Waals surface area contributed by atoms with Crippen LogP contribution in [0.1, 0.15) is 23.3 Å². The lowest BCUT2D eigenvalue weighted by molar-refractivity contribution is -0.540. The van der Waals surface area contributed by atoms with Crippen LogP contribution in [0.2, 0.25) is 0 Å². The van der Waals surface area contributed by atoms with Gasteiger partial charge < -0.3 is 10.2 Å². The molecule has 2 aromatic carbocycles. The predicted octanol–water partition coefficient (Wildman–Crippen LogP) is 1.47. The Morgan fingerprint density at radius 3 is 1.17 bits per heavy atom. The molecule has 0 aliphatic rings. The molecule has 0 aliphatic heterocycles. The van der Waals surface area contributed by atoms with Gasteiger partial charge in [0, 0.05) is 0 Å². The Morgan fingerprint density at radius 2 is 0.889 bits per heavy atom. The first-order valence-electron chi connectivity index (χ1n) is 5.40. The van der Waals surface area contributed by atoms with Gasteiger partial charge in [0.05, 0.1) is 0 Å². The molecule has 0 spiro atoms. The molecule has 2 nitrogen and oxygen atoms in total. The molecule has 2 atom stereocenters. The van der Waals surface area contributed by atoms with Crippen molar-refractivity contribution in [3.8, 4) is 0 Å². The highest BCUT2D eigenvalue weighted by atomic mass is 19.1. The van der Waals surface area contributed by atoms with E-state index < -0.39 is 23.8 Å². The summed E-state index contributed by atoms with van der Waals surface area (Å²) in [5, 5.41) is 23.8. The van der Waals surface area contributed by atoms with Crippen molar-refractivity contribution in [3.05, 3.63) is 71.3 Å². The molecule has 0 fully saturated rings. The fourth-order valence-electron chi connectivity index (χ4n) is 1.65. The van der Waals surface area contributed by atoms with Crippen molar-refractivity contribution in [1.29, 1.82) is 0 Å². The van der Waals surface area contributed by atoms with E-state index in [0.29, 0.717) is 0 Å². The summed E-state index contributed by atoms with van der Waals surface area (Å²) in [5.74, 6) is -0.926. The number of rotatable bonds is 3.